The molecule has 5 heteroatoms. The summed E-state index contributed by atoms with van der Waals surface area (Å²) >= 11 is 0. The van der Waals surface area contributed by atoms with Crippen molar-refractivity contribution < 1.29 is 4.21 Å². The van der Waals surface area contributed by atoms with Crippen LogP contribution in [0.3, 0.4) is 0 Å². The van der Waals surface area contributed by atoms with Crippen LogP contribution in [-0.2, 0) is 11.0 Å². The summed E-state index contributed by atoms with van der Waals surface area (Å²) < 4.78 is 15.1. The Bertz CT molecular complexity index is 815. The average molecular weight is 297 g/mol. The van der Waals surface area contributed by atoms with E-state index in [1.165, 1.54) is 0 Å². The molecule has 0 spiro atoms. The van der Waals surface area contributed by atoms with E-state index in [0.29, 0.717) is 10.7 Å². The summed E-state index contributed by atoms with van der Waals surface area (Å²) in [4.78, 5) is 9.55. The van der Waals surface area contributed by atoms with Crippen molar-refractivity contribution in [3.05, 3.63) is 59.8 Å². The maximum atomic E-state index is 12.3. The van der Waals surface area contributed by atoms with Gasteiger partial charge in [0.05, 0.1) is 22.1 Å². The van der Waals surface area contributed by atoms with Gasteiger partial charge in [0.15, 0.2) is 16.8 Å². The number of rotatable bonds is 3. The number of benzene rings is 2. The molecule has 1 atom stereocenters. The van der Waals surface area contributed by atoms with Crippen molar-refractivity contribution in [1.29, 1.82) is 0 Å². The lowest BCUT2D eigenvalue weighted by Crippen LogP contribution is -2.06. The van der Waals surface area contributed by atoms with Gasteiger partial charge in [-0.25, -0.2) is 9.19 Å². The van der Waals surface area contributed by atoms with E-state index in [9.17, 15) is 4.21 Å². The van der Waals surface area contributed by atoms with Gasteiger partial charge >= 0.3 is 0 Å². The fourth-order valence-corrected chi connectivity index (χ4v) is 2.84. The number of hydrogen-bond acceptors (Lipinski definition) is 3. The molecular weight excluding hydrogens is 282 g/mol. The highest BCUT2D eigenvalue weighted by Crippen LogP contribution is 2.17. The monoisotopic (exact) mass is 297 g/mol. The van der Waals surface area contributed by atoms with E-state index in [-0.39, 0.29) is 0 Å². The number of para-hydroxylation sites is 1. The molecule has 2 aromatic carbocycles. The topological polar surface area (TPSA) is 54.9 Å². The van der Waals surface area contributed by atoms with E-state index in [2.05, 4.69) is 14.7 Å². The van der Waals surface area contributed by atoms with E-state index in [1.54, 1.807) is 6.20 Å². The number of nitrogens with one attached hydrogen (secondary N) is 1. The van der Waals surface area contributed by atoms with Crippen LogP contribution >= 0.6 is 0 Å². The van der Waals surface area contributed by atoms with E-state index in [0.717, 1.165) is 22.2 Å². The standard InChI is InChI=1S/C16H15N3OS/c1-11-6-8-13(9-7-11)21(20)19-15-10-17-16-12(2)4-3-5-14(16)18-15/h3-10H,1-2H3,(H,18,19). The Hall–Kier alpha value is -2.27. The molecule has 3 rings (SSSR count). The summed E-state index contributed by atoms with van der Waals surface area (Å²) in [5, 5.41) is 0. The lowest BCUT2D eigenvalue weighted by molar-refractivity contribution is 0.686. The van der Waals surface area contributed by atoms with Crippen LogP contribution in [0.15, 0.2) is 53.6 Å². The Balaban J connectivity index is 1.88. The summed E-state index contributed by atoms with van der Waals surface area (Å²) in [7, 11) is -1.34. The smallest absolute Gasteiger partial charge is 0.157 e. The predicted molar refractivity (Wildman–Crippen MR) is 85.5 cm³/mol. The summed E-state index contributed by atoms with van der Waals surface area (Å²) in [5.74, 6) is 0.506. The first-order valence-electron chi connectivity index (χ1n) is 6.61. The number of anilines is 1. The molecule has 4 nitrogen and oxygen atoms in total. The number of hydrogen-bond donors (Lipinski definition) is 1. The second-order valence-electron chi connectivity index (χ2n) is 4.88. The molecule has 106 valence electrons. The largest absolute Gasteiger partial charge is 0.284 e. The fourth-order valence-electron chi connectivity index (χ4n) is 2.05. The third-order valence-corrected chi connectivity index (χ3v) is 4.30. The summed E-state index contributed by atoms with van der Waals surface area (Å²) in [6, 6.07) is 13.4. The van der Waals surface area contributed by atoms with Crippen LogP contribution in [-0.4, -0.2) is 14.2 Å². The van der Waals surface area contributed by atoms with Crippen molar-refractivity contribution in [3.63, 3.8) is 0 Å². The maximum absolute atomic E-state index is 12.3. The van der Waals surface area contributed by atoms with Crippen molar-refractivity contribution in [2.45, 2.75) is 18.7 Å². The molecule has 1 N–H and O–H groups in total. The van der Waals surface area contributed by atoms with E-state index in [4.69, 9.17) is 0 Å². The quantitative estimate of drug-likeness (QED) is 0.806. The molecule has 0 saturated carbocycles. The lowest BCUT2D eigenvalue weighted by atomic mass is 10.2. The SMILES string of the molecule is Cc1ccc(S(=O)Nc2cnc3c(C)cccc3n2)cc1. The first-order chi connectivity index (χ1) is 10.1. The van der Waals surface area contributed by atoms with Gasteiger partial charge in [0, 0.05) is 0 Å². The Kier molecular flexibility index (Phi) is 3.66. The van der Waals surface area contributed by atoms with Gasteiger partial charge in [-0.3, -0.25) is 9.71 Å². The molecule has 0 aliphatic heterocycles. The van der Waals surface area contributed by atoms with Crippen LogP contribution in [0, 0.1) is 13.8 Å². The van der Waals surface area contributed by atoms with Gasteiger partial charge in [0.25, 0.3) is 0 Å². The second kappa shape index (κ2) is 5.61. The molecule has 0 fully saturated rings. The molecule has 21 heavy (non-hydrogen) atoms. The third-order valence-electron chi connectivity index (χ3n) is 3.21. The Labute approximate surface area is 125 Å². The van der Waals surface area contributed by atoms with Gasteiger partial charge in [-0.15, -0.1) is 0 Å². The van der Waals surface area contributed by atoms with Gasteiger partial charge in [-0.05, 0) is 37.6 Å². The highest BCUT2D eigenvalue weighted by Gasteiger charge is 2.07. The molecule has 0 aliphatic rings. The summed E-state index contributed by atoms with van der Waals surface area (Å²) in [6.07, 6.45) is 1.61. The van der Waals surface area contributed by atoms with Crippen molar-refractivity contribution >= 4 is 27.8 Å². The van der Waals surface area contributed by atoms with Gasteiger partial charge in [-0.2, -0.15) is 0 Å². The predicted octanol–water partition coefficient (Wildman–Crippen LogP) is 3.38. The van der Waals surface area contributed by atoms with Gasteiger partial charge in [-0.1, -0.05) is 29.8 Å². The first-order valence-corrected chi connectivity index (χ1v) is 7.76. The normalized spacial score (nSPS) is 12.3. The molecule has 1 aromatic heterocycles. The van der Waals surface area contributed by atoms with Gasteiger partial charge in [0.1, 0.15) is 0 Å². The maximum Gasteiger partial charge on any atom is 0.157 e. The molecule has 0 aliphatic carbocycles. The molecule has 1 heterocycles. The summed E-state index contributed by atoms with van der Waals surface area (Å²) in [5.41, 5.74) is 3.87. The minimum absolute atomic E-state index is 0.506. The highest BCUT2D eigenvalue weighted by atomic mass is 32.2. The van der Waals surface area contributed by atoms with Crippen LogP contribution in [0.5, 0.6) is 0 Å². The number of aromatic nitrogens is 2. The molecule has 1 unspecified atom stereocenters. The van der Waals surface area contributed by atoms with Crippen molar-refractivity contribution in [2.24, 2.45) is 0 Å². The number of aryl methyl sites for hydroxylation is 2. The second-order valence-corrected chi connectivity index (χ2v) is 6.09. The molecule has 0 saturated heterocycles. The van der Waals surface area contributed by atoms with Crippen LogP contribution in [0.2, 0.25) is 0 Å². The van der Waals surface area contributed by atoms with Gasteiger partial charge in [0.2, 0.25) is 0 Å². The first kappa shape index (κ1) is 13.7. The lowest BCUT2D eigenvalue weighted by Gasteiger charge is -2.07. The number of fused-ring (bicyclic) bond motifs is 1. The van der Waals surface area contributed by atoms with Crippen molar-refractivity contribution in [2.75, 3.05) is 4.72 Å². The Morgan fingerprint density at radius 1 is 1.05 bits per heavy atom. The molecule has 3 aromatic rings. The van der Waals surface area contributed by atoms with Crippen molar-refractivity contribution in [3.8, 4) is 0 Å². The minimum atomic E-state index is -1.34. The van der Waals surface area contributed by atoms with E-state index >= 15 is 0 Å². The average Bonchev–Trinajstić information content (AvgIpc) is 2.48. The zero-order chi connectivity index (χ0) is 14.8. The molecule has 0 amide bonds. The Morgan fingerprint density at radius 3 is 2.57 bits per heavy atom. The third kappa shape index (κ3) is 2.92. The van der Waals surface area contributed by atoms with Gasteiger partial charge < -0.3 is 0 Å². The number of nitrogens with zero attached hydrogens (tertiary/aromatic N) is 2. The van der Waals surface area contributed by atoms with E-state index in [1.807, 2.05) is 56.3 Å². The minimum Gasteiger partial charge on any atom is -0.284 e. The van der Waals surface area contributed by atoms with Crippen LogP contribution < -0.4 is 4.72 Å². The Morgan fingerprint density at radius 2 is 1.81 bits per heavy atom. The molecule has 0 radical (unpaired) electrons. The van der Waals surface area contributed by atoms with E-state index < -0.39 is 11.0 Å². The molecule has 0 bridgehead atoms. The van der Waals surface area contributed by atoms with Crippen molar-refractivity contribution in [1.82, 2.24) is 9.97 Å². The zero-order valence-corrected chi connectivity index (χ0v) is 12.6. The van der Waals surface area contributed by atoms with Crippen LogP contribution in [0.25, 0.3) is 11.0 Å². The van der Waals surface area contributed by atoms with Crippen LogP contribution in [0.1, 0.15) is 11.1 Å². The zero-order valence-electron chi connectivity index (χ0n) is 11.8. The highest BCUT2D eigenvalue weighted by molar-refractivity contribution is 7.86. The fraction of sp³-hybridized carbons (Fsp3) is 0.125. The molecular formula is C16H15N3OS. The summed E-state index contributed by atoms with van der Waals surface area (Å²) in [6.45, 7) is 3.99. The van der Waals surface area contributed by atoms with Crippen LogP contribution in [0.4, 0.5) is 5.82 Å².